The van der Waals surface area contributed by atoms with Gasteiger partial charge in [-0.1, -0.05) is 36.4 Å². The number of aliphatic hydroxyl groups excluding tert-OH is 1. The molecule has 0 aliphatic carbocycles. The van der Waals surface area contributed by atoms with Gasteiger partial charge >= 0.3 is 0 Å². The van der Waals surface area contributed by atoms with Crippen molar-refractivity contribution in [1.29, 1.82) is 0 Å². The Morgan fingerprint density at radius 2 is 1.83 bits per heavy atom. The number of allylic oxidation sites excluding steroid dienone is 1. The molecule has 3 aromatic heterocycles. The zero-order chi connectivity index (χ0) is 20.9. The number of rotatable bonds is 7. The molecule has 0 saturated carbocycles. The number of H-pyrrole nitrogens is 1. The topological polar surface area (TPSA) is 114 Å². The molecular formula is C22H17N5O3. The molecule has 0 fully saturated rings. The van der Waals surface area contributed by atoms with Crippen LogP contribution < -0.4 is 0 Å². The summed E-state index contributed by atoms with van der Waals surface area (Å²) in [7, 11) is 0. The summed E-state index contributed by atoms with van der Waals surface area (Å²) < 4.78 is 1.64. The Bertz CT molecular complexity index is 1200. The molecule has 8 heteroatoms. The summed E-state index contributed by atoms with van der Waals surface area (Å²) in [6, 6.07) is 15.8. The Hall–Kier alpha value is -4.33. The lowest BCUT2D eigenvalue weighted by Crippen LogP contribution is -2.09. The smallest absolute Gasteiger partial charge is 0.215 e. The largest absolute Gasteiger partial charge is 0.504 e. The summed E-state index contributed by atoms with van der Waals surface area (Å²) in [4.78, 5) is 33.8. The second-order valence-corrected chi connectivity index (χ2v) is 6.47. The summed E-state index contributed by atoms with van der Waals surface area (Å²) in [5.74, 6) is -1.05. The third kappa shape index (κ3) is 4.07. The van der Waals surface area contributed by atoms with Crippen LogP contribution in [0.4, 0.5) is 0 Å². The summed E-state index contributed by atoms with van der Waals surface area (Å²) in [6.07, 6.45) is 5.61. The maximum Gasteiger partial charge on any atom is 0.215 e. The van der Waals surface area contributed by atoms with Crippen LogP contribution in [0.3, 0.4) is 0 Å². The molecule has 8 nitrogen and oxygen atoms in total. The number of hydrogen-bond donors (Lipinski definition) is 2. The second-order valence-electron chi connectivity index (χ2n) is 6.47. The Kier molecular flexibility index (Phi) is 5.29. The van der Waals surface area contributed by atoms with Crippen LogP contribution in [0.25, 0.3) is 5.76 Å². The average molecular weight is 399 g/mol. The van der Waals surface area contributed by atoms with Gasteiger partial charge < -0.3 is 9.67 Å². The molecule has 148 valence electrons. The second kappa shape index (κ2) is 8.36. The van der Waals surface area contributed by atoms with Crippen molar-refractivity contribution in [3.8, 4) is 0 Å². The highest BCUT2D eigenvalue weighted by Gasteiger charge is 2.19. The molecule has 0 spiro atoms. The van der Waals surface area contributed by atoms with Gasteiger partial charge in [0.25, 0.3) is 0 Å². The summed E-state index contributed by atoms with van der Waals surface area (Å²) >= 11 is 0. The SMILES string of the molecule is O=C(c1ccccc1)c1cc(C(=O)C=C(O)c2nc[nH]n2)n(Cc2ccccn2)c1. The van der Waals surface area contributed by atoms with Crippen LogP contribution in [0.5, 0.6) is 0 Å². The number of carbonyl (C=O) groups is 2. The number of hydrogen-bond acceptors (Lipinski definition) is 6. The first kappa shape index (κ1) is 19.0. The van der Waals surface area contributed by atoms with Crippen molar-refractivity contribution in [2.45, 2.75) is 6.54 Å². The lowest BCUT2D eigenvalue weighted by Gasteiger charge is -2.06. The number of aromatic nitrogens is 5. The fourth-order valence-corrected chi connectivity index (χ4v) is 2.99. The highest BCUT2D eigenvalue weighted by Crippen LogP contribution is 2.18. The first-order valence-corrected chi connectivity index (χ1v) is 9.13. The molecule has 0 aliphatic rings. The van der Waals surface area contributed by atoms with E-state index in [-0.39, 0.29) is 23.1 Å². The fourth-order valence-electron chi connectivity index (χ4n) is 2.99. The zero-order valence-electron chi connectivity index (χ0n) is 15.8. The number of ketones is 2. The van der Waals surface area contributed by atoms with E-state index in [1.807, 2.05) is 18.2 Å². The standard InChI is InChI=1S/C22H17N5O3/c28-19(11-20(29)22-24-14-25-26-22)18-10-16(21(30)15-6-2-1-3-7-15)12-27(18)13-17-8-4-5-9-23-17/h1-12,14,29H,13H2,(H,24,25,26). The molecule has 4 aromatic rings. The molecule has 30 heavy (non-hydrogen) atoms. The molecule has 0 unspecified atom stereocenters. The number of benzene rings is 1. The molecule has 0 aliphatic heterocycles. The zero-order valence-corrected chi connectivity index (χ0v) is 15.8. The Morgan fingerprint density at radius 1 is 1.03 bits per heavy atom. The third-order valence-electron chi connectivity index (χ3n) is 4.42. The molecule has 0 bridgehead atoms. The first-order chi connectivity index (χ1) is 14.6. The quantitative estimate of drug-likeness (QED) is 0.280. The van der Waals surface area contributed by atoms with Crippen LogP contribution in [-0.2, 0) is 6.54 Å². The fraction of sp³-hybridized carbons (Fsp3) is 0.0455. The van der Waals surface area contributed by atoms with E-state index >= 15 is 0 Å². The minimum absolute atomic E-state index is 0.00627. The van der Waals surface area contributed by atoms with Gasteiger partial charge in [-0.3, -0.25) is 19.7 Å². The number of nitrogens with one attached hydrogen (secondary N) is 1. The maximum absolute atomic E-state index is 12.9. The molecule has 0 amide bonds. The van der Waals surface area contributed by atoms with E-state index in [0.29, 0.717) is 17.7 Å². The van der Waals surface area contributed by atoms with Crippen LogP contribution in [0.1, 0.15) is 37.9 Å². The molecule has 2 N–H and O–H groups in total. The molecule has 0 atom stereocenters. The number of nitrogens with zero attached hydrogens (tertiary/aromatic N) is 4. The van der Waals surface area contributed by atoms with Crippen LogP contribution in [0.15, 0.2) is 79.4 Å². The summed E-state index contributed by atoms with van der Waals surface area (Å²) in [5.41, 5.74) is 1.85. The Morgan fingerprint density at radius 3 is 2.53 bits per heavy atom. The molecule has 1 aromatic carbocycles. The van der Waals surface area contributed by atoms with Gasteiger partial charge in [0.15, 0.2) is 11.5 Å². The Balaban J connectivity index is 1.71. The van der Waals surface area contributed by atoms with E-state index in [0.717, 1.165) is 11.8 Å². The van der Waals surface area contributed by atoms with Gasteiger partial charge in [0, 0.05) is 29.6 Å². The van der Waals surface area contributed by atoms with Crippen LogP contribution in [-0.4, -0.2) is 41.4 Å². The van der Waals surface area contributed by atoms with Gasteiger partial charge in [0.1, 0.15) is 6.33 Å². The highest BCUT2D eigenvalue weighted by atomic mass is 16.3. The minimum atomic E-state index is -0.486. The van der Waals surface area contributed by atoms with Gasteiger partial charge in [0.2, 0.25) is 11.6 Å². The van der Waals surface area contributed by atoms with Gasteiger partial charge in [-0.15, -0.1) is 0 Å². The average Bonchev–Trinajstić information content (AvgIpc) is 3.45. The van der Waals surface area contributed by atoms with E-state index < -0.39 is 5.78 Å². The number of carbonyl (C=O) groups excluding carboxylic acids is 2. The van der Waals surface area contributed by atoms with Crippen molar-refractivity contribution in [3.05, 3.63) is 108 Å². The highest BCUT2D eigenvalue weighted by molar-refractivity contribution is 6.12. The van der Waals surface area contributed by atoms with Crippen molar-refractivity contribution in [2.24, 2.45) is 0 Å². The lowest BCUT2D eigenvalue weighted by atomic mass is 10.1. The van der Waals surface area contributed by atoms with Crippen molar-refractivity contribution in [1.82, 2.24) is 24.7 Å². The van der Waals surface area contributed by atoms with Crippen molar-refractivity contribution in [2.75, 3.05) is 0 Å². The Labute approximate surface area is 171 Å². The third-order valence-corrected chi connectivity index (χ3v) is 4.42. The van der Waals surface area contributed by atoms with Crippen molar-refractivity contribution in [3.63, 3.8) is 0 Å². The molecular weight excluding hydrogens is 382 g/mol. The number of aromatic amines is 1. The monoisotopic (exact) mass is 399 g/mol. The number of pyridine rings is 1. The van der Waals surface area contributed by atoms with E-state index in [2.05, 4.69) is 20.2 Å². The van der Waals surface area contributed by atoms with Crippen molar-refractivity contribution >= 4 is 17.3 Å². The predicted molar refractivity (Wildman–Crippen MR) is 109 cm³/mol. The number of aliphatic hydroxyl groups is 1. The van der Waals surface area contributed by atoms with E-state index in [1.54, 1.807) is 47.3 Å². The van der Waals surface area contributed by atoms with Crippen molar-refractivity contribution < 1.29 is 14.7 Å². The van der Waals surface area contributed by atoms with Crippen LogP contribution in [0, 0.1) is 0 Å². The molecule has 3 heterocycles. The lowest BCUT2D eigenvalue weighted by molar-refractivity contribution is 0.103. The van der Waals surface area contributed by atoms with Gasteiger partial charge in [-0.25, -0.2) is 4.98 Å². The van der Waals surface area contributed by atoms with Gasteiger partial charge in [-0.05, 0) is 18.2 Å². The normalized spacial score (nSPS) is 11.4. The van der Waals surface area contributed by atoms with Gasteiger partial charge in [0.05, 0.1) is 17.9 Å². The molecule has 4 rings (SSSR count). The van der Waals surface area contributed by atoms with Gasteiger partial charge in [-0.2, -0.15) is 5.10 Å². The van der Waals surface area contributed by atoms with E-state index in [9.17, 15) is 14.7 Å². The summed E-state index contributed by atoms with van der Waals surface area (Å²) in [6.45, 7) is 0.291. The minimum Gasteiger partial charge on any atom is -0.504 e. The predicted octanol–water partition coefficient (Wildman–Crippen LogP) is 3.06. The first-order valence-electron chi connectivity index (χ1n) is 9.13. The summed E-state index contributed by atoms with van der Waals surface area (Å²) in [5, 5.41) is 16.3. The van der Waals surface area contributed by atoms with E-state index in [1.165, 1.54) is 12.4 Å². The van der Waals surface area contributed by atoms with Crippen LogP contribution in [0.2, 0.25) is 0 Å². The van der Waals surface area contributed by atoms with Crippen LogP contribution >= 0.6 is 0 Å². The molecule has 0 radical (unpaired) electrons. The van der Waals surface area contributed by atoms with E-state index in [4.69, 9.17) is 0 Å². The molecule has 0 saturated heterocycles. The maximum atomic E-state index is 12.9.